The molecule has 0 bridgehead atoms. The molecule has 1 fully saturated rings. The van der Waals surface area contributed by atoms with Gasteiger partial charge in [0.15, 0.2) is 0 Å². The monoisotopic (exact) mass is 253 g/mol. The molecule has 1 aromatic carbocycles. The fraction of sp³-hybridized carbons (Fsp3) is 0.571. The molecule has 94 valence electrons. The van der Waals surface area contributed by atoms with Gasteiger partial charge in [0.05, 0.1) is 0 Å². The zero-order valence-electron chi connectivity index (χ0n) is 10.5. The molecule has 0 saturated heterocycles. The van der Waals surface area contributed by atoms with Gasteiger partial charge in [0.2, 0.25) is 0 Å². The number of hydrogen-bond acceptors (Lipinski definition) is 2. The second kappa shape index (κ2) is 5.87. The Morgan fingerprint density at radius 3 is 3.00 bits per heavy atom. The third-order valence-electron chi connectivity index (χ3n) is 3.62. The minimum Gasteiger partial charge on any atom is -0.309 e. The lowest BCUT2D eigenvalue weighted by molar-refractivity contribution is 0.529. The van der Waals surface area contributed by atoms with Crippen molar-refractivity contribution in [1.82, 2.24) is 5.32 Å². The summed E-state index contributed by atoms with van der Waals surface area (Å²) < 4.78 is 13.2. The number of nitrogens with one attached hydrogen (secondary N) is 1. The van der Waals surface area contributed by atoms with Crippen molar-refractivity contribution in [3.05, 3.63) is 35.1 Å². The second-order valence-corrected chi connectivity index (χ2v) is 5.84. The average molecular weight is 253 g/mol. The Bertz CT molecular complexity index is 380. The molecular formula is C14H20FNS. The molecule has 2 unspecified atom stereocenters. The number of benzene rings is 1. The zero-order chi connectivity index (χ0) is 12.3. The van der Waals surface area contributed by atoms with Gasteiger partial charge < -0.3 is 5.32 Å². The molecule has 0 radical (unpaired) electrons. The molecule has 1 aromatic rings. The van der Waals surface area contributed by atoms with Crippen LogP contribution in [0.15, 0.2) is 18.2 Å². The topological polar surface area (TPSA) is 12.0 Å². The van der Waals surface area contributed by atoms with Crippen molar-refractivity contribution in [3.63, 3.8) is 0 Å². The quantitative estimate of drug-likeness (QED) is 0.881. The van der Waals surface area contributed by atoms with E-state index in [1.165, 1.54) is 25.3 Å². The third kappa shape index (κ3) is 3.23. The number of rotatable bonds is 4. The van der Waals surface area contributed by atoms with Crippen molar-refractivity contribution < 1.29 is 4.39 Å². The minimum absolute atomic E-state index is 0.139. The van der Waals surface area contributed by atoms with Crippen molar-refractivity contribution in [2.45, 2.75) is 44.0 Å². The SMILES string of the molecule is CSC1CCCC1NCc1cc(F)ccc1C. The van der Waals surface area contributed by atoms with Crippen LogP contribution in [0.2, 0.25) is 0 Å². The predicted molar refractivity (Wildman–Crippen MR) is 72.9 cm³/mol. The number of halogens is 1. The Morgan fingerprint density at radius 2 is 2.24 bits per heavy atom. The largest absolute Gasteiger partial charge is 0.309 e. The molecule has 1 aliphatic rings. The summed E-state index contributed by atoms with van der Waals surface area (Å²) in [5.74, 6) is -0.139. The fourth-order valence-corrected chi connectivity index (χ4v) is 3.48. The molecule has 0 heterocycles. The predicted octanol–water partition coefficient (Wildman–Crippen LogP) is 3.51. The molecule has 0 amide bonds. The van der Waals surface area contributed by atoms with Gasteiger partial charge in [-0.2, -0.15) is 11.8 Å². The molecule has 0 spiro atoms. The Hall–Kier alpha value is -0.540. The molecular weight excluding hydrogens is 233 g/mol. The van der Waals surface area contributed by atoms with E-state index >= 15 is 0 Å². The van der Waals surface area contributed by atoms with Gasteiger partial charge in [0, 0.05) is 17.8 Å². The van der Waals surface area contributed by atoms with E-state index in [2.05, 4.69) is 11.6 Å². The highest BCUT2D eigenvalue weighted by molar-refractivity contribution is 7.99. The van der Waals surface area contributed by atoms with Crippen LogP contribution in [0.4, 0.5) is 4.39 Å². The van der Waals surface area contributed by atoms with E-state index < -0.39 is 0 Å². The number of thioether (sulfide) groups is 1. The van der Waals surface area contributed by atoms with Crippen molar-refractivity contribution >= 4 is 11.8 Å². The Balaban J connectivity index is 1.95. The van der Waals surface area contributed by atoms with E-state index in [1.807, 2.05) is 24.8 Å². The van der Waals surface area contributed by atoms with Crippen molar-refractivity contribution in [2.24, 2.45) is 0 Å². The first-order valence-corrected chi connectivity index (χ1v) is 7.50. The Kier molecular flexibility index (Phi) is 4.46. The summed E-state index contributed by atoms with van der Waals surface area (Å²) in [6.07, 6.45) is 6.05. The molecule has 1 nitrogen and oxygen atoms in total. The van der Waals surface area contributed by atoms with Gasteiger partial charge in [-0.25, -0.2) is 4.39 Å². The molecule has 0 aromatic heterocycles. The zero-order valence-corrected chi connectivity index (χ0v) is 11.3. The molecule has 1 N–H and O–H groups in total. The van der Waals surface area contributed by atoms with Crippen molar-refractivity contribution in [3.8, 4) is 0 Å². The van der Waals surface area contributed by atoms with Gasteiger partial charge in [-0.3, -0.25) is 0 Å². The Morgan fingerprint density at radius 1 is 1.41 bits per heavy atom. The summed E-state index contributed by atoms with van der Waals surface area (Å²) in [6, 6.07) is 5.62. The summed E-state index contributed by atoms with van der Waals surface area (Å²) >= 11 is 1.95. The van der Waals surface area contributed by atoms with Gasteiger partial charge in [-0.15, -0.1) is 0 Å². The summed E-state index contributed by atoms with van der Waals surface area (Å²) in [6.45, 7) is 2.82. The van der Waals surface area contributed by atoms with E-state index in [9.17, 15) is 4.39 Å². The first kappa shape index (κ1) is 12.9. The summed E-state index contributed by atoms with van der Waals surface area (Å²) in [7, 11) is 0. The van der Waals surface area contributed by atoms with Gasteiger partial charge in [0.1, 0.15) is 5.82 Å². The highest BCUT2D eigenvalue weighted by Gasteiger charge is 2.25. The maximum Gasteiger partial charge on any atom is 0.123 e. The van der Waals surface area contributed by atoms with Gasteiger partial charge in [-0.1, -0.05) is 12.5 Å². The van der Waals surface area contributed by atoms with Crippen molar-refractivity contribution in [1.29, 1.82) is 0 Å². The van der Waals surface area contributed by atoms with Crippen LogP contribution in [0.5, 0.6) is 0 Å². The van der Waals surface area contributed by atoms with E-state index in [-0.39, 0.29) is 5.82 Å². The molecule has 2 rings (SSSR count). The third-order valence-corrected chi connectivity index (χ3v) is 4.79. The number of aryl methyl sites for hydroxylation is 1. The van der Waals surface area contributed by atoms with Crippen molar-refractivity contribution in [2.75, 3.05) is 6.26 Å². The summed E-state index contributed by atoms with van der Waals surface area (Å²) in [5, 5.41) is 4.31. The molecule has 1 aliphatic carbocycles. The number of hydrogen-bond donors (Lipinski definition) is 1. The molecule has 1 saturated carbocycles. The summed E-state index contributed by atoms with van der Waals surface area (Å²) in [4.78, 5) is 0. The normalized spacial score (nSPS) is 24.2. The van der Waals surface area contributed by atoms with Gasteiger partial charge in [0.25, 0.3) is 0 Å². The first-order valence-electron chi connectivity index (χ1n) is 6.22. The van der Waals surface area contributed by atoms with E-state index in [0.717, 1.165) is 22.9 Å². The Labute approximate surface area is 107 Å². The molecule has 0 aliphatic heterocycles. The van der Waals surface area contributed by atoms with Crippen LogP contribution in [0.1, 0.15) is 30.4 Å². The fourth-order valence-electron chi connectivity index (χ4n) is 2.51. The van der Waals surface area contributed by atoms with Gasteiger partial charge in [-0.05, 0) is 49.3 Å². The van der Waals surface area contributed by atoms with Crippen LogP contribution in [0, 0.1) is 12.7 Å². The lowest BCUT2D eigenvalue weighted by Gasteiger charge is -2.19. The lowest BCUT2D eigenvalue weighted by Crippen LogP contribution is -2.33. The van der Waals surface area contributed by atoms with E-state index in [0.29, 0.717) is 6.04 Å². The van der Waals surface area contributed by atoms with Crippen LogP contribution in [-0.2, 0) is 6.54 Å². The maximum atomic E-state index is 13.2. The van der Waals surface area contributed by atoms with E-state index in [4.69, 9.17) is 0 Å². The smallest absolute Gasteiger partial charge is 0.123 e. The molecule has 3 heteroatoms. The van der Waals surface area contributed by atoms with Crippen LogP contribution in [-0.4, -0.2) is 17.5 Å². The first-order chi connectivity index (χ1) is 8.20. The summed E-state index contributed by atoms with van der Waals surface area (Å²) in [5.41, 5.74) is 2.24. The highest BCUT2D eigenvalue weighted by Crippen LogP contribution is 2.28. The minimum atomic E-state index is -0.139. The molecule has 17 heavy (non-hydrogen) atoms. The lowest BCUT2D eigenvalue weighted by atomic mass is 10.1. The average Bonchev–Trinajstić information content (AvgIpc) is 2.77. The van der Waals surface area contributed by atoms with Crippen LogP contribution in [0.3, 0.4) is 0 Å². The molecule has 2 atom stereocenters. The highest BCUT2D eigenvalue weighted by atomic mass is 32.2. The van der Waals surface area contributed by atoms with Crippen LogP contribution < -0.4 is 5.32 Å². The maximum absolute atomic E-state index is 13.2. The standard InChI is InChI=1S/C14H20FNS/c1-10-6-7-12(15)8-11(10)9-16-13-4-3-5-14(13)17-2/h6-8,13-14,16H,3-5,9H2,1-2H3. The van der Waals surface area contributed by atoms with Gasteiger partial charge >= 0.3 is 0 Å². The van der Waals surface area contributed by atoms with Crippen LogP contribution in [0.25, 0.3) is 0 Å². The van der Waals surface area contributed by atoms with Crippen LogP contribution >= 0.6 is 11.8 Å². The van der Waals surface area contributed by atoms with E-state index in [1.54, 1.807) is 6.07 Å². The second-order valence-electron chi connectivity index (χ2n) is 4.76.